The average molecular weight is 258 g/mol. The molecule has 3 rings (SSSR count). The number of hydrogen-bond acceptors (Lipinski definition) is 2. The van der Waals surface area contributed by atoms with Gasteiger partial charge in [0.05, 0.1) is 0 Å². The van der Waals surface area contributed by atoms with Gasteiger partial charge in [-0.3, -0.25) is 9.59 Å². The van der Waals surface area contributed by atoms with E-state index < -0.39 is 0 Å². The molecule has 4 heteroatoms. The smallest absolute Gasteiger partial charge is 0.227 e. The van der Waals surface area contributed by atoms with Gasteiger partial charge in [-0.05, 0) is 49.4 Å². The zero-order valence-electron chi connectivity index (χ0n) is 11.0. The summed E-state index contributed by atoms with van der Waals surface area (Å²) >= 11 is 0. The molecular weight excluding hydrogens is 240 g/mol. The molecule has 2 amide bonds. The lowest BCUT2D eigenvalue weighted by Crippen LogP contribution is -2.15. The Kier molecular flexibility index (Phi) is 3.01. The van der Waals surface area contributed by atoms with Gasteiger partial charge in [0.25, 0.3) is 0 Å². The van der Waals surface area contributed by atoms with Crippen molar-refractivity contribution in [2.24, 2.45) is 17.8 Å². The number of benzene rings is 1. The first-order valence-corrected chi connectivity index (χ1v) is 6.85. The summed E-state index contributed by atoms with van der Waals surface area (Å²) in [6, 6.07) is 7.30. The molecule has 100 valence electrons. The van der Waals surface area contributed by atoms with Crippen LogP contribution in [0.4, 0.5) is 11.4 Å². The summed E-state index contributed by atoms with van der Waals surface area (Å²) in [7, 11) is 0. The van der Waals surface area contributed by atoms with Gasteiger partial charge in [-0.1, -0.05) is 6.92 Å². The third kappa shape index (κ3) is 2.95. The van der Waals surface area contributed by atoms with E-state index in [-0.39, 0.29) is 23.7 Å². The lowest BCUT2D eigenvalue weighted by atomic mass is 10.2. The fourth-order valence-corrected chi connectivity index (χ4v) is 2.15. The maximum atomic E-state index is 11.8. The van der Waals surface area contributed by atoms with Gasteiger partial charge in [-0.25, -0.2) is 0 Å². The van der Waals surface area contributed by atoms with Crippen LogP contribution in [-0.2, 0) is 9.59 Å². The highest BCUT2D eigenvalue weighted by Crippen LogP contribution is 2.38. The highest BCUT2D eigenvalue weighted by Gasteiger charge is 2.39. The van der Waals surface area contributed by atoms with Gasteiger partial charge in [-0.15, -0.1) is 0 Å². The Morgan fingerprint density at radius 2 is 1.47 bits per heavy atom. The lowest BCUT2D eigenvalue weighted by molar-refractivity contribution is -0.118. The van der Waals surface area contributed by atoms with Crippen molar-refractivity contribution < 1.29 is 9.59 Å². The molecule has 0 spiro atoms. The fourth-order valence-electron chi connectivity index (χ4n) is 2.15. The predicted octanol–water partition coefficient (Wildman–Crippen LogP) is 2.63. The third-order valence-electron chi connectivity index (χ3n) is 3.81. The van der Waals surface area contributed by atoms with Crippen LogP contribution in [0.5, 0.6) is 0 Å². The Hall–Kier alpha value is -1.84. The molecule has 0 aromatic heterocycles. The second-order valence-electron chi connectivity index (χ2n) is 5.65. The van der Waals surface area contributed by atoms with Crippen LogP contribution in [0.25, 0.3) is 0 Å². The Bertz CT molecular complexity index is 505. The van der Waals surface area contributed by atoms with Gasteiger partial charge >= 0.3 is 0 Å². The number of nitrogens with one attached hydrogen (secondary N) is 2. The van der Waals surface area contributed by atoms with E-state index >= 15 is 0 Å². The van der Waals surface area contributed by atoms with Crippen molar-refractivity contribution in [1.82, 2.24) is 0 Å². The van der Waals surface area contributed by atoms with E-state index in [2.05, 4.69) is 17.6 Å². The molecular formula is C15H18N2O2. The van der Waals surface area contributed by atoms with Crippen molar-refractivity contribution in [1.29, 1.82) is 0 Å². The highest BCUT2D eigenvalue weighted by molar-refractivity contribution is 5.96. The quantitative estimate of drug-likeness (QED) is 0.872. The minimum atomic E-state index is 0.0993. The molecule has 2 N–H and O–H groups in total. The molecule has 2 fully saturated rings. The summed E-state index contributed by atoms with van der Waals surface area (Å²) in [5.41, 5.74) is 1.57. The zero-order chi connectivity index (χ0) is 13.4. The Labute approximate surface area is 112 Å². The van der Waals surface area contributed by atoms with Crippen molar-refractivity contribution in [3.8, 4) is 0 Å². The molecule has 0 heterocycles. The van der Waals surface area contributed by atoms with Crippen molar-refractivity contribution in [2.75, 3.05) is 10.6 Å². The number of carbonyl (C=O) groups excluding carboxylic acids is 2. The van der Waals surface area contributed by atoms with Crippen molar-refractivity contribution >= 4 is 23.2 Å². The van der Waals surface area contributed by atoms with Crippen LogP contribution >= 0.6 is 0 Å². The summed E-state index contributed by atoms with van der Waals surface area (Å²) in [4.78, 5) is 23.4. The Balaban J connectivity index is 1.55. The molecule has 0 saturated heterocycles. The first kappa shape index (κ1) is 12.2. The number of carbonyl (C=O) groups is 2. The van der Waals surface area contributed by atoms with Crippen LogP contribution in [0.1, 0.15) is 26.2 Å². The average Bonchev–Trinajstić information content (AvgIpc) is 3.25. The second-order valence-corrected chi connectivity index (χ2v) is 5.65. The van der Waals surface area contributed by atoms with E-state index in [1.165, 1.54) is 0 Å². The van der Waals surface area contributed by atoms with E-state index in [0.29, 0.717) is 5.92 Å². The molecule has 2 unspecified atom stereocenters. The lowest BCUT2D eigenvalue weighted by Gasteiger charge is -2.07. The van der Waals surface area contributed by atoms with Crippen molar-refractivity contribution in [2.45, 2.75) is 26.2 Å². The second kappa shape index (κ2) is 4.68. The van der Waals surface area contributed by atoms with Crippen molar-refractivity contribution in [3.63, 3.8) is 0 Å². The highest BCUT2D eigenvalue weighted by atomic mass is 16.2. The Morgan fingerprint density at radius 1 is 1.00 bits per heavy atom. The predicted molar refractivity (Wildman–Crippen MR) is 73.7 cm³/mol. The molecule has 4 nitrogen and oxygen atoms in total. The summed E-state index contributed by atoms with van der Waals surface area (Å²) < 4.78 is 0. The normalized spacial score (nSPS) is 24.7. The van der Waals surface area contributed by atoms with E-state index in [1.54, 1.807) is 0 Å². The summed E-state index contributed by atoms with van der Waals surface area (Å²) in [6.07, 6.45) is 2.99. The number of hydrogen-bond donors (Lipinski definition) is 2. The van der Waals surface area contributed by atoms with Gasteiger partial charge in [0.1, 0.15) is 0 Å². The molecule has 1 aromatic rings. The van der Waals surface area contributed by atoms with Crippen LogP contribution < -0.4 is 10.6 Å². The van der Waals surface area contributed by atoms with Crippen LogP contribution in [0.15, 0.2) is 24.3 Å². The summed E-state index contributed by atoms with van der Waals surface area (Å²) in [5.74, 6) is 1.09. The number of amides is 2. The molecule has 0 radical (unpaired) electrons. The molecule has 0 aliphatic heterocycles. The maximum absolute atomic E-state index is 11.8. The summed E-state index contributed by atoms with van der Waals surface area (Å²) in [6.45, 7) is 2.08. The van der Waals surface area contributed by atoms with Crippen LogP contribution in [0.3, 0.4) is 0 Å². The van der Waals surface area contributed by atoms with Gasteiger partial charge in [0.2, 0.25) is 11.8 Å². The van der Waals surface area contributed by atoms with E-state index in [0.717, 1.165) is 30.6 Å². The summed E-state index contributed by atoms with van der Waals surface area (Å²) in [5, 5.41) is 5.77. The number of anilines is 2. The zero-order valence-corrected chi connectivity index (χ0v) is 11.0. The monoisotopic (exact) mass is 258 g/mol. The SMILES string of the molecule is CC1CC1C(=O)Nc1ccc(NC(=O)C2CC2)cc1. The third-order valence-corrected chi connectivity index (χ3v) is 3.81. The number of rotatable bonds is 4. The molecule has 2 saturated carbocycles. The molecule has 2 aliphatic rings. The fraction of sp³-hybridized carbons (Fsp3) is 0.467. The van der Waals surface area contributed by atoms with E-state index in [9.17, 15) is 9.59 Å². The van der Waals surface area contributed by atoms with Gasteiger partial charge in [0, 0.05) is 23.2 Å². The molecule has 19 heavy (non-hydrogen) atoms. The van der Waals surface area contributed by atoms with Gasteiger partial charge in [0.15, 0.2) is 0 Å². The van der Waals surface area contributed by atoms with Crippen LogP contribution in [0, 0.1) is 17.8 Å². The molecule has 1 aromatic carbocycles. The molecule has 0 bridgehead atoms. The largest absolute Gasteiger partial charge is 0.326 e. The standard InChI is InChI=1S/C15H18N2O2/c1-9-8-13(9)15(19)17-12-6-4-11(5-7-12)16-14(18)10-2-3-10/h4-7,9-10,13H,2-3,8H2,1H3,(H,16,18)(H,17,19). The van der Waals surface area contributed by atoms with Crippen LogP contribution in [0.2, 0.25) is 0 Å². The minimum absolute atomic E-state index is 0.0993. The van der Waals surface area contributed by atoms with Gasteiger partial charge < -0.3 is 10.6 Å². The Morgan fingerprint density at radius 3 is 1.89 bits per heavy atom. The minimum Gasteiger partial charge on any atom is -0.326 e. The molecule has 2 atom stereocenters. The topological polar surface area (TPSA) is 58.2 Å². The van der Waals surface area contributed by atoms with Crippen molar-refractivity contribution in [3.05, 3.63) is 24.3 Å². The first-order chi connectivity index (χ1) is 9.13. The van der Waals surface area contributed by atoms with Crippen LogP contribution in [-0.4, -0.2) is 11.8 Å². The van der Waals surface area contributed by atoms with E-state index in [1.807, 2.05) is 24.3 Å². The van der Waals surface area contributed by atoms with E-state index in [4.69, 9.17) is 0 Å². The molecule has 2 aliphatic carbocycles. The van der Waals surface area contributed by atoms with Gasteiger partial charge in [-0.2, -0.15) is 0 Å². The maximum Gasteiger partial charge on any atom is 0.227 e. The first-order valence-electron chi connectivity index (χ1n) is 6.85.